The molecule has 0 atom stereocenters. The highest BCUT2D eigenvalue weighted by atomic mass is 16.5. The number of methoxy groups -OCH3 is 1. The molecule has 0 aliphatic carbocycles. The summed E-state index contributed by atoms with van der Waals surface area (Å²) in [5, 5.41) is 24.3. The fourth-order valence-corrected chi connectivity index (χ4v) is 2.90. The number of pyridine rings is 1. The van der Waals surface area contributed by atoms with Gasteiger partial charge in [-0.2, -0.15) is 5.10 Å². The van der Waals surface area contributed by atoms with Crippen LogP contribution in [0.3, 0.4) is 0 Å². The lowest BCUT2D eigenvalue weighted by atomic mass is 10.1. The van der Waals surface area contributed by atoms with Crippen LogP contribution < -0.4 is 15.7 Å². The van der Waals surface area contributed by atoms with Crippen LogP contribution in [0.4, 0.5) is 0 Å². The van der Waals surface area contributed by atoms with E-state index >= 15 is 0 Å². The van der Waals surface area contributed by atoms with Crippen molar-refractivity contribution in [3.8, 4) is 17.2 Å². The van der Waals surface area contributed by atoms with Crippen molar-refractivity contribution >= 4 is 23.0 Å². The van der Waals surface area contributed by atoms with Crippen LogP contribution in [0.2, 0.25) is 0 Å². The van der Waals surface area contributed by atoms with E-state index < -0.39 is 11.5 Å². The lowest BCUT2D eigenvalue weighted by Gasteiger charge is -2.12. The van der Waals surface area contributed by atoms with E-state index in [9.17, 15) is 19.8 Å². The monoisotopic (exact) mass is 381 g/mol. The number of hydrazone groups is 1. The summed E-state index contributed by atoms with van der Waals surface area (Å²) < 4.78 is 6.42. The molecule has 0 saturated heterocycles. The molecule has 3 N–H and O–H groups in total. The fourth-order valence-electron chi connectivity index (χ4n) is 2.90. The van der Waals surface area contributed by atoms with Crippen molar-refractivity contribution in [2.45, 2.75) is 13.5 Å². The Hall–Kier alpha value is -3.81. The van der Waals surface area contributed by atoms with Crippen molar-refractivity contribution in [3.05, 3.63) is 63.9 Å². The Balaban J connectivity index is 1.93. The van der Waals surface area contributed by atoms with Gasteiger partial charge < -0.3 is 19.5 Å². The Morgan fingerprint density at radius 2 is 2.00 bits per heavy atom. The predicted molar refractivity (Wildman–Crippen MR) is 105 cm³/mol. The molecule has 8 nitrogen and oxygen atoms in total. The van der Waals surface area contributed by atoms with Gasteiger partial charge in [0.2, 0.25) is 0 Å². The molecule has 0 spiro atoms. The average molecular weight is 381 g/mol. The molecule has 144 valence electrons. The quantitative estimate of drug-likeness (QED) is 0.463. The number of para-hydroxylation sites is 1. The van der Waals surface area contributed by atoms with Gasteiger partial charge in [0.15, 0.2) is 11.5 Å². The van der Waals surface area contributed by atoms with Gasteiger partial charge in [0.25, 0.3) is 11.5 Å². The second-order valence-corrected chi connectivity index (χ2v) is 5.92. The number of phenolic OH excluding ortho intramolecular Hbond substituents is 1. The first-order chi connectivity index (χ1) is 13.5. The molecule has 2 aromatic carbocycles. The molecule has 1 amide bonds. The Morgan fingerprint density at radius 1 is 1.25 bits per heavy atom. The van der Waals surface area contributed by atoms with E-state index in [0.717, 1.165) is 0 Å². The largest absolute Gasteiger partial charge is 0.506 e. The SMILES string of the molecule is CCn1c(=O)c(C(=O)N/N=C\c2ccc(O)c(OC)c2)c(O)c2ccccc21. The smallest absolute Gasteiger partial charge is 0.280 e. The summed E-state index contributed by atoms with van der Waals surface area (Å²) in [5.74, 6) is -0.972. The number of aromatic hydroxyl groups is 2. The molecular weight excluding hydrogens is 362 g/mol. The zero-order valence-corrected chi connectivity index (χ0v) is 15.3. The Bertz CT molecular complexity index is 1130. The van der Waals surface area contributed by atoms with Crippen LogP contribution in [-0.2, 0) is 6.54 Å². The van der Waals surface area contributed by atoms with Crippen molar-refractivity contribution in [1.82, 2.24) is 9.99 Å². The molecule has 28 heavy (non-hydrogen) atoms. The Morgan fingerprint density at radius 3 is 2.71 bits per heavy atom. The first-order valence-electron chi connectivity index (χ1n) is 8.52. The van der Waals surface area contributed by atoms with Crippen LogP contribution in [-0.4, -0.2) is 34.0 Å². The number of amides is 1. The first kappa shape index (κ1) is 19.0. The van der Waals surface area contributed by atoms with E-state index in [1.54, 1.807) is 37.3 Å². The number of nitrogens with one attached hydrogen (secondary N) is 1. The third kappa shape index (κ3) is 3.39. The summed E-state index contributed by atoms with van der Waals surface area (Å²) in [6.07, 6.45) is 1.33. The lowest BCUT2D eigenvalue weighted by molar-refractivity contribution is 0.0950. The van der Waals surface area contributed by atoms with Crippen molar-refractivity contribution in [2.24, 2.45) is 5.10 Å². The maximum Gasteiger partial charge on any atom is 0.280 e. The summed E-state index contributed by atoms with van der Waals surface area (Å²) in [4.78, 5) is 25.2. The van der Waals surface area contributed by atoms with Gasteiger partial charge in [0, 0.05) is 11.9 Å². The van der Waals surface area contributed by atoms with Gasteiger partial charge >= 0.3 is 0 Å². The van der Waals surface area contributed by atoms with E-state index in [-0.39, 0.29) is 22.8 Å². The molecule has 0 aliphatic rings. The number of carbonyl (C=O) groups excluding carboxylic acids is 1. The molecule has 0 radical (unpaired) electrons. The summed E-state index contributed by atoms with van der Waals surface area (Å²) in [6, 6.07) is 11.3. The average Bonchev–Trinajstić information content (AvgIpc) is 2.69. The minimum atomic E-state index is -0.822. The molecular formula is C20H19N3O5. The first-order valence-corrected chi connectivity index (χ1v) is 8.52. The number of ether oxygens (including phenoxy) is 1. The van der Waals surface area contributed by atoms with E-state index in [1.165, 1.54) is 30.0 Å². The number of hydrogen-bond acceptors (Lipinski definition) is 6. The normalized spacial score (nSPS) is 11.1. The Labute approximate surface area is 160 Å². The van der Waals surface area contributed by atoms with Gasteiger partial charge in [0.1, 0.15) is 11.3 Å². The van der Waals surface area contributed by atoms with E-state index in [4.69, 9.17) is 4.74 Å². The van der Waals surface area contributed by atoms with Gasteiger partial charge in [-0.25, -0.2) is 5.43 Å². The summed E-state index contributed by atoms with van der Waals surface area (Å²) in [7, 11) is 1.42. The minimum Gasteiger partial charge on any atom is -0.506 e. The van der Waals surface area contributed by atoms with Gasteiger partial charge in [-0.1, -0.05) is 12.1 Å². The molecule has 0 bridgehead atoms. The summed E-state index contributed by atoms with van der Waals surface area (Å²) >= 11 is 0. The van der Waals surface area contributed by atoms with E-state index in [2.05, 4.69) is 10.5 Å². The molecule has 8 heteroatoms. The molecule has 3 aromatic rings. The van der Waals surface area contributed by atoms with Crippen molar-refractivity contribution in [2.75, 3.05) is 7.11 Å². The number of nitrogens with zero attached hydrogens (tertiary/aromatic N) is 2. The maximum absolute atomic E-state index is 12.7. The van der Waals surface area contributed by atoms with E-state index in [0.29, 0.717) is 23.0 Å². The van der Waals surface area contributed by atoms with Crippen LogP contribution >= 0.6 is 0 Å². The van der Waals surface area contributed by atoms with Gasteiger partial charge in [-0.3, -0.25) is 9.59 Å². The zero-order valence-electron chi connectivity index (χ0n) is 15.3. The third-order valence-corrected chi connectivity index (χ3v) is 4.27. The number of aromatic nitrogens is 1. The fraction of sp³-hybridized carbons (Fsp3) is 0.150. The number of carbonyl (C=O) groups is 1. The number of benzene rings is 2. The maximum atomic E-state index is 12.7. The summed E-state index contributed by atoms with van der Waals surface area (Å²) in [6.45, 7) is 2.12. The molecule has 0 unspecified atom stereocenters. The number of phenols is 1. The molecule has 1 heterocycles. The topological polar surface area (TPSA) is 113 Å². The molecule has 0 aliphatic heterocycles. The highest BCUT2D eigenvalue weighted by molar-refractivity contribution is 6.02. The number of aryl methyl sites for hydroxylation is 1. The van der Waals surface area contributed by atoms with Gasteiger partial charge in [0.05, 0.1) is 18.8 Å². The summed E-state index contributed by atoms with van der Waals surface area (Å²) in [5.41, 5.74) is 2.38. The van der Waals surface area contributed by atoms with Crippen LogP contribution in [0.5, 0.6) is 17.2 Å². The van der Waals surface area contributed by atoms with Crippen molar-refractivity contribution in [1.29, 1.82) is 0 Å². The predicted octanol–water partition coefficient (Wildman–Crippen LogP) is 2.21. The number of fused-ring (bicyclic) bond motifs is 1. The zero-order chi connectivity index (χ0) is 20.3. The third-order valence-electron chi connectivity index (χ3n) is 4.27. The van der Waals surface area contributed by atoms with Crippen LogP contribution in [0.25, 0.3) is 10.9 Å². The molecule has 1 aromatic heterocycles. The van der Waals surface area contributed by atoms with E-state index in [1.807, 2.05) is 0 Å². The highest BCUT2D eigenvalue weighted by Crippen LogP contribution is 2.27. The standard InChI is InChI=1S/C20H19N3O5/c1-3-23-14-7-5-4-6-13(14)18(25)17(20(23)27)19(26)22-21-11-12-8-9-15(24)16(10-12)28-2/h4-11,24-25H,3H2,1-2H3,(H,22,26)/b21-11-. The second kappa shape index (κ2) is 7.83. The number of rotatable bonds is 5. The van der Waals surface area contributed by atoms with Crippen LogP contribution in [0, 0.1) is 0 Å². The van der Waals surface area contributed by atoms with Gasteiger partial charge in [-0.05, 0) is 42.8 Å². The van der Waals surface area contributed by atoms with Crippen LogP contribution in [0.15, 0.2) is 52.4 Å². The minimum absolute atomic E-state index is 0.0233. The molecule has 3 rings (SSSR count). The molecule has 0 fully saturated rings. The second-order valence-electron chi connectivity index (χ2n) is 5.92. The van der Waals surface area contributed by atoms with Crippen molar-refractivity contribution < 1.29 is 19.7 Å². The number of hydrogen-bond donors (Lipinski definition) is 3. The lowest BCUT2D eigenvalue weighted by Crippen LogP contribution is -2.31. The van der Waals surface area contributed by atoms with Crippen molar-refractivity contribution in [3.63, 3.8) is 0 Å². The van der Waals surface area contributed by atoms with Gasteiger partial charge in [-0.15, -0.1) is 0 Å². The highest BCUT2D eigenvalue weighted by Gasteiger charge is 2.21. The molecule has 0 saturated carbocycles. The van der Waals surface area contributed by atoms with Crippen LogP contribution in [0.1, 0.15) is 22.8 Å². The Kier molecular flexibility index (Phi) is 5.30.